The maximum Gasteiger partial charge on any atom is 0.252 e. The molecule has 0 fully saturated rings. The van der Waals surface area contributed by atoms with Crippen molar-refractivity contribution in [2.45, 2.75) is 78.6 Å². The van der Waals surface area contributed by atoms with Crippen molar-refractivity contribution in [2.24, 2.45) is 0 Å². The topological polar surface area (TPSA) is 16.3 Å². The quantitative estimate of drug-likeness (QED) is 0.113. The van der Waals surface area contributed by atoms with Gasteiger partial charge in [0.2, 0.25) is 0 Å². The molecule has 570 valence electrons. The van der Waals surface area contributed by atoms with E-state index in [1.165, 1.54) is 0 Å². The van der Waals surface area contributed by atoms with Crippen molar-refractivity contribution in [3.63, 3.8) is 0 Å². The van der Waals surface area contributed by atoms with E-state index >= 15 is 0 Å². The van der Waals surface area contributed by atoms with Crippen LogP contribution in [0.3, 0.4) is 0 Å². The highest BCUT2D eigenvalue weighted by molar-refractivity contribution is 7.00. The molecule has 0 unspecified atom stereocenters. The summed E-state index contributed by atoms with van der Waals surface area (Å²) in [4.78, 5) is 3.52. The summed E-state index contributed by atoms with van der Waals surface area (Å²) in [5, 5.41) is -2.62. The Morgan fingerprint density at radius 2 is 0.546 bits per heavy atom. The first-order valence-corrected chi connectivity index (χ1v) is 38.9. The lowest BCUT2D eigenvalue weighted by atomic mass is 9.33. The van der Waals surface area contributed by atoms with Gasteiger partial charge in [-0.25, -0.2) is 0 Å². The summed E-state index contributed by atoms with van der Waals surface area (Å²) in [6.07, 6.45) is 0. The Morgan fingerprint density at radius 3 is 0.899 bits per heavy atom. The van der Waals surface area contributed by atoms with Crippen molar-refractivity contribution in [2.75, 3.05) is 9.80 Å². The van der Waals surface area contributed by atoms with E-state index in [1.54, 1.807) is 9.80 Å². The highest BCUT2D eigenvalue weighted by Gasteiger charge is 2.47. The summed E-state index contributed by atoms with van der Waals surface area (Å²) in [5.74, 6) is 0. The number of fused-ring (bicyclic) bond motifs is 10. The fourth-order valence-corrected chi connectivity index (χ4v) is 16.3. The van der Waals surface area contributed by atoms with E-state index < -0.39 is 352 Å². The maximum absolute atomic E-state index is 12.1. The van der Waals surface area contributed by atoms with Crippen molar-refractivity contribution in [3.05, 3.63) is 404 Å². The van der Waals surface area contributed by atoms with E-state index in [1.807, 2.05) is 220 Å². The summed E-state index contributed by atoms with van der Waals surface area (Å²) >= 11 is 0. The lowest BCUT2D eigenvalue weighted by Gasteiger charge is -2.47. The smallest absolute Gasteiger partial charge is 0.252 e. The number of hydrogen-bond acceptors (Lipinski definition) is 2. The van der Waals surface area contributed by atoms with Gasteiger partial charge >= 0.3 is 0 Å². The molecular weight excluding hydrogens is 1440 g/mol. The molecule has 0 bridgehead atoms. The summed E-state index contributed by atoms with van der Waals surface area (Å²) in [7, 11) is 0. The van der Waals surface area contributed by atoms with Gasteiger partial charge in [-0.05, 0) is 225 Å². The number of rotatable bonds is 12. The molecule has 0 spiro atoms. The minimum Gasteiger partial charge on any atom is -0.310 e. The van der Waals surface area contributed by atoms with E-state index in [-0.39, 0.29) is 50.5 Å². The molecule has 119 heavy (non-hydrogen) atoms. The Hall–Kier alpha value is -14.0. The second-order valence-corrected chi connectivity index (χ2v) is 32.6. The Morgan fingerprint density at radius 1 is 0.244 bits per heavy atom. The molecule has 0 atom stereocenters. The number of hydrogen-bond donors (Lipinski definition) is 0. The number of benzene rings is 17. The zero-order valence-electron chi connectivity index (χ0n) is 104. The van der Waals surface area contributed by atoms with Crippen molar-refractivity contribution in [1.82, 2.24) is 9.13 Å². The molecular formula is C114H91BN4. The Balaban J connectivity index is 0.988. The van der Waals surface area contributed by atoms with Crippen LogP contribution in [0, 0.1) is 0 Å². The number of aromatic nitrogens is 2. The fourth-order valence-electron chi connectivity index (χ4n) is 16.3. The molecule has 0 amide bonds. The first-order valence-electron chi connectivity index (χ1n) is 57.9. The molecule has 19 aromatic rings. The summed E-state index contributed by atoms with van der Waals surface area (Å²) < 4.78 is 379. The molecule has 0 saturated heterocycles. The second-order valence-electron chi connectivity index (χ2n) is 32.6. The summed E-state index contributed by atoms with van der Waals surface area (Å²) in [6.45, 7) is 16.0. The van der Waals surface area contributed by atoms with E-state index in [9.17, 15) is 38.4 Å². The molecule has 0 saturated carbocycles. The van der Waals surface area contributed by atoms with Gasteiger partial charge in [0.05, 0.1) is 85.5 Å². The molecule has 4 nitrogen and oxygen atoms in total. The van der Waals surface area contributed by atoms with Crippen LogP contribution in [0.4, 0.5) is 34.1 Å². The van der Waals surface area contributed by atoms with Gasteiger partial charge in [-0.3, -0.25) is 0 Å². The minimum atomic E-state index is -1.90. The maximum atomic E-state index is 12.1. The van der Waals surface area contributed by atoms with Crippen molar-refractivity contribution in [1.29, 1.82) is 0 Å². The van der Waals surface area contributed by atoms with Crippen LogP contribution in [-0.2, 0) is 16.2 Å². The zero-order chi connectivity index (χ0) is 114. The van der Waals surface area contributed by atoms with Gasteiger partial charge in [0.25, 0.3) is 6.71 Å². The normalized spacial score (nSPS) is 17.2. The molecule has 5 heteroatoms. The van der Waals surface area contributed by atoms with Gasteiger partial charge in [0.1, 0.15) is 0 Å². The summed E-state index contributed by atoms with van der Waals surface area (Å²) in [5.41, 5.74) is -8.17. The number of anilines is 6. The average molecular weight is 1570 g/mol. The lowest BCUT2D eigenvalue weighted by Crippen LogP contribution is -2.61. The molecule has 21 rings (SSSR count). The SMILES string of the molecule is [2H]c1c([2H])c([2H])c(-c2c([2H])c([2H])c([2H])c(-c3c([2H])c([2H])c4c(c3[2H])c3c([2H])c([2H])c([2H])c([2H])c3n4-c3c([2H])c([2H])c4c(c3[2H])N(c3c(-c5ccccc5)cc(C(C)(C)C)cc3-c3ccccc3)c3cc(C(C)(C)C)cc5c3B4c3c([2H])c([2H])c(-n4c6c([2H])c([2H])c([2H])c([2H])c6c6c([2H])c(-c7c([2H])c([2H])c([2H])c(-c8c([2H])c([2H])c([2H])c([2H])c8[2H])c7[2H])c([2H])c([2H])c64)c([2H])c3N5c3c(-c4ccccc4)cc(C(C)(C)C)cc3-c3ccccc3)c2[2H])c([2H])c1[2H]. The van der Waals surface area contributed by atoms with E-state index in [2.05, 4.69) is 0 Å². The second kappa shape index (κ2) is 28.4. The Bertz CT molecular complexity index is 8940. The van der Waals surface area contributed by atoms with E-state index in [4.69, 9.17) is 13.7 Å². The fraction of sp³-hybridized carbons (Fsp3) is 0.105. The first kappa shape index (κ1) is 42.7. The molecule has 2 aliphatic rings. The molecule has 0 aliphatic carbocycles. The van der Waals surface area contributed by atoms with Crippen molar-refractivity contribution >= 4 is 101 Å². The third kappa shape index (κ3) is 12.5. The third-order valence-electron chi connectivity index (χ3n) is 22.2. The first-order chi connectivity index (χ1) is 73.8. The number of para-hydroxylation sites is 2. The zero-order valence-corrected chi connectivity index (χ0v) is 65.9. The van der Waals surface area contributed by atoms with Crippen LogP contribution in [-0.4, -0.2) is 15.8 Å². The highest BCUT2D eigenvalue weighted by Crippen LogP contribution is 2.56. The molecule has 4 heterocycles. The van der Waals surface area contributed by atoms with Crippen LogP contribution in [0.1, 0.15) is 131 Å². The largest absolute Gasteiger partial charge is 0.310 e. The van der Waals surface area contributed by atoms with Gasteiger partial charge < -0.3 is 18.9 Å². The monoisotopic (exact) mass is 1560 g/mol. The Labute approximate surface area is 752 Å². The summed E-state index contributed by atoms with van der Waals surface area (Å²) in [6, 6.07) is 11.7. The van der Waals surface area contributed by atoms with Gasteiger partial charge in [-0.1, -0.05) is 341 Å². The minimum absolute atomic E-state index is 0.131. The average Bonchev–Trinajstić information content (AvgIpc) is 1.59. The van der Waals surface area contributed by atoms with Crippen LogP contribution < -0.4 is 26.2 Å². The van der Waals surface area contributed by atoms with Gasteiger partial charge in [0, 0.05) is 77.9 Å². The van der Waals surface area contributed by atoms with Gasteiger partial charge in [0.15, 0.2) is 0 Å². The van der Waals surface area contributed by atoms with Gasteiger partial charge in [-0.2, -0.15) is 0 Å². The molecule has 2 aliphatic heterocycles. The molecule has 2 aromatic heterocycles. The lowest BCUT2D eigenvalue weighted by molar-refractivity contribution is 0.590. The standard InChI is InChI=1S/C114H91BN4/c1-112(2,3)86-66-93(76-38-20-12-21-39-76)110(94(67-86)77-40-22-13-23-41-77)118-105-72-89(116-101-52-30-28-50-91(101)97-64-84(54-60-103(97)116)82-48-32-46-80(62-82)74-34-16-10-17-35-74)56-58-99(105)115-100-59-57-90(117-102-53-31-29-51-92(102)98-65-85(55-61-104(98)117)83-49-33-47-81(63-83)75-36-18-11-19-37-75)73-106(100)119(108-71-88(114(7,8)9)70-107(118)109(108)115)111-95(78-42-24-14-25-43-78)68-87(113(4,5)6)69-96(111)79-44-26-15-27-45-79/h10-73H,1-9H3/i10D,11D,16D,17D,18D,19D,28D,29D,30D,31D,32D,33D,34D,35D,36D,37D,46D,47D,48D,49D,50D,51D,52D,53D,54D,55D,56D,57D,58D,59D,60D,61D,62D,63D,64D,65D,72D,73D. The van der Waals surface area contributed by atoms with Crippen molar-refractivity contribution in [3.8, 4) is 100 Å². The van der Waals surface area contributed by atoms with Crippen LogP contribution in [0.5, 0.6) is 0 Å². The van der Waals surface area contributed by atoms with Crippen molar-refractivity contribution < 1.29 is 52.1 Å². The molecule has 0 N–H and O–H groups in total. The molecule has 0 radical (unpaired) electrons. The van der Waals surface area contributed by atoms with Crippen LogP contribution in [0.2, 0.25) is 0 Å². The Kier molecular flexibility index (Phi) is 10.2. The highest BCUT2D eigenvalue weighted by atomic mass is 15.2. The van der Waals surface area contributed by atoms with E-state index in [0.29, 0.717) is 50.1 Å². The number of nitrogens with zero attached hydrogens (tertiary/aromatic N) is 4. The molecule has 17 aromatic carbocycles. The van der Waals surface area contributed by atoms with Crippen LogP contribution in [0.25, 0.3) is 144 Å². The van der Waals surface area contributed by atoms with Gasteiger partial charge in [-0.15, -0.1) is 0 Å². The predicted octanol–water partition coefficient (Wildman–Crippen LogP) is 29.2. The predicted molar refractivity (Wildman–Crippen MR) is 509 cm³/mol. The van der Waals surface area contributed by atoms with Crippen LogP contribution in [0.15, 0.2) is 387 Å². The van der Waals surface area contributed by atoms with Crippen LogP contribution >= 0.6 is 0 Å². The van der Waals surface area contributed by atoms with E-state index in [0.717, 1.165) is 20.3 Å². The third-order valence-corrected chi connectivity index (χ3v) is 22.2.